The van der Waals surface area contributed by atoms with E-state index in [2.05, 4.69) is 27.4 Å². The number of carbonyl (C=O) groups excluding carboxylic acids is 1. The Bertz CT molecular complexity index is 886. The van der Waals surface area contributed by atoms with Gasteiger partial charge in [-0.25, -0.2) is 9.97 Å². The molecule has 1 unspecified atom stereocenters. The maximum Gasteiger partial charge on any atom is 0.234 e. The molecule has 4 rings (SSSR count). The fourth-order valence-electron chi connectivity index (χ4n) is 3.56. The number of nitrogens with zero attached hydrogens (tertiary/aromatic N) is 3. The van der Waals surface area contributed by atoms with Gasteiger partial charge in [-0.05, 0) is 49.4 Å². The van der Waals surface area contributed by atoms with Crippen LogP contribution in [0, 0.1) is 0 Å². The zero-order valence-electron chi connectivity index (χ0n) is 14.1. The molecule has 0 spiro atoms. The summed E-state index contributed by atoms with van der Waals surface area (Å²) in [5, 5.41) is 3.04. The van der Waals surface area contributed by atoms with Crippen LogP contribution in [-0.4, -0.2) is 20.4 Å². The number of aryl methyl sites for hydroxylation is 1. The summed E-state index contributed by atoms with van der Waals surface area (Å²) in [6, 6.07) is 12.0. The highest BCUT2D eigenvalue weighted by Crippen LogP contribution is 2.38. The molecule has 3 aromatic rings. The molecule has 1 amide bonds. The summed E-state index contributed by atoms with van der Waals surface area (Å²) in [5.41, 5.74) is 2.62. The van der Waals surface area contributed by atoms with Gasteiger partial charge in [-0.3, -0.25) is 9.36 Å². The Morgan fingerprint density at radius 3 is 2.88 bits per heavy atom. The minimum absolute atomic E-state index is 0.0248. The molecule has 1 atom stereocenters. The van der Waals surface area contributed by atoms with Crippen LogP contribution < -0.4 is 5.32 Å². The first-order chi connectivity index (χ1) is 12.2. The zero-order chi connectivity index (χ0) is 17.3. The molecule has 0 saturated carbocycles. The highest BCUT2D eigenvalue weighted by atomic mass is 16.2. The Morgan fingerprint density at radius 2 is 2.12 bits per heavy atom. The van der Waals surface area contributed by atoms with E-state index in [1.807, 2.05) is 42.0 Å². The van der Waals surface area contributed by atoms with Crippen LogP contribution >= 0.6 is 0 Å². The first-order valence-corrected chi connectivity index (χ1v) is 8.51. The van der Waals surface area contributed by atoms with Gasteiger partial charge in [-0.15, -0.1) is 0 Å². The minimum Gasteiger partial charge on any atom is -0.324 e. The van der Waals surface area contributed by atoms with Crippen LogP contribution in [0.15, 0.2) is 61.3 Å². The third-order valence-corrected chi connectivity index (χ3v) is 5.01. The van der Waals surface area contributed by atoms with Crippen molar-refractivity contribution in [3.05, 3.63) is 72.4 Å². The molecule has 1 aliphatic rings. The molecule has 0 radical (unpaired) electrons. The molecule has 1 N–H and O–H groups in total. The van der Waals surface area contributed by atoms with Crippen LogP contribution in [0.2, 0.25) is 0 Å². The summed E-state index contributed by atoms with van der Waals surface area (Å²) in [5.74, 6) is 0.793. The smallest absolute Gasteiger partial charge is 0.234 e. The van der Waals surface area contributed by atoms with Crippen molar-refractivity contribution in [2.45, 2.75) is 31.6 Å². The third-order valence-electron chi connectivity index (χ3n) is 5.01. The summed E-state index contributed by atoms with van der Waals surface area (Å²) in [6.07, 6.45) is 9.85. The molecule has 1 aliphatic carbocycles. The topological polar surface area (TPSA) is 59.8 Å². The number of fused-ring (bicyclic) bond motifs is 1. The maximum absolute atomic E-state index is 13.0. The summed E-state index contributed by atoms with van der Waals surface area (Å²) >= 11 is 0. The third kappa shape index (κ3) is 2.82. The van der Waals surface area contributed by atoms with Crippen molar-refractivity contribution in [1.29, 1.82) is 0 Å². The molecular formula is C20H20N4O. The van der Waals surface area contributed by atoms with E-state index in [9.17, 15) is 4.79 Å². The number of anilines is 1. The average Bonchev–Trinajstić information content (AvgIpc) is 3.17. The van der Waals surface area contributed by atoms with Crippen molar-refractivity contribution in [3.63, 3.8) is 0 Å². The van der Waals surface area contributed by atoms with E-state index in [1.165, 1.54) is 5.56 Å². The van der Waals surface area contributed by atoms with Gasteiger partial charge in [0.15, 0.2) is 0 Å². The SMILES string of the molecule is CC1(C(=O)Nc2ccc(-n3ccnc3)nc2)CCCc2ccccc21. The van der Waals surface area contributed by atoms with E-state index in [1.54, 1.807) is 18.7 Å². The van der Waals surface area contributed by atoms with Crippen LogP contribution in [0.5, 0.6) is 0 Å². The Morgan fingerprint density at radius 1 is 1.24 bits per heavy atom. The van der Waals surface area contributed by atoms with E-state index in [0.717, 1.165) is 30.6 Å². The van der Waals surface area contributed by atoms with Gasteiger partial charge in [0.2, 0.25) is 5.91 Å². The van der Waals surface area contributed by atoms with Crippen molar-refractivity contribution in [3.8, 4) is 5.82 Å². The largest absolute Gasteiger partial charge is 0.324 e. The van der Waals surface area contributed by atoms with Gasteiger partial charge in [0.1, 0.15) is 12.1 Å². The first-order valence-electron chi connectivity index (χ1n) is 8.51. The quantitative estimate of drug-likeness (QED) is 0.798. The van der Waals surface area contributed by atoms with Crippen LogP contribution in [0.4, 0.5) is 5.69 Å². The number of carbonyl (C=O) groups is 1. The molecular weight excluding hydrogens is 312 g/mol. The van der Waals surface area contributed by atoms with E-state index >= 15 is 0 Å². The Kier molecular flexibility index (Phi) is 3.84. The van der Waals surface area contributed by atoms with Gasteiger partial charge in [0.05, 0.1) is 17.3 Å². The normalized spacial score (nSPS) is 19.2. The second-order valence-corrected chi connectivity index (χ2v) is 6.67. The summed E-state index contributed by atoms with van der Waals surface area (Å²) < 4.78 is 1.82. The van der Waals surface area contributed by atoms with Crippen molar-refractivity contribution < 1.29 is 4.79 Å². The van der Waals surface area contributed by atoms with E-state index in [0.29, 0.717) is 5.69 Å². The van der Waals surface area contributed by atoms with E-state index in [-0.39, 0.29) is 5.91 Å². The lowest BCUT2D eigenvalue weighted by molar-refractivity contribution is -0.121. The Labute approximate surface area is 146 Å². The molecule has 5 nitrogen and oxygen atoms in total. The van der Waals surface area contributed by atoms with Gasteiger partial charge < -0.3 is 5.32 Å². The standard InChI is InChI=1S/C20H20N4O/c1-20(10-4-6-15-5-2-3-7-17(15)20)19(25)23-16-8-9-18(22-13-16)24-12-11-21-14-24/h2-3,5,7-9,11-14H,4,6,10H2,1H3,(H,23,25). The number of amides is 1. The fourth-order valence-corrected chi connectivity index (χ4v) is 3.56. The molecule has 0 bridgehead atoms. The minimum atomic E-state index is -0.502. The van der Waals surface area contributed by atoms with Gasteiger partial charge in [-0.1, -0.05) is 24.3 Å². The van der Waals surface area contributed by atoms with Crippen molar-refractivity contribution >= 4 is 11.6 Å². The zero-order valence-corrected chi connectivity index (χ0v) is 14.1. The Balaban J connectivity index is 1.56. The highest BCUT2D eigenvalue weighted by molar-refractivity contribution is 5.99. The number of aromatic nitrogens is 3. The molecule has 1 aromatic carbocycles. The van der Waals surface area contributed by atoms with Crippen molar-refractivity contribution in [2.75, 3.05) is 5.32 Å². The summed E-state index contributed by atoms with van der Waals surface area (Å²) in [6.45, 7) is 2.04. The lowest BCUT2D eigenvalue weighted by atomic mass is 9.70. The number of rotatable bonds is 3. The molecule has 0 fully saturated rings. The Hall–Kier alpha value is -2.95. The fraction of sp³-hybridized carbons (Fsp3) is 0.250. The van der Waals surface area contributed by atoms with Gasteiger partial charge in [0.25, 0.3) is 0 Å². The van der Waals surface area contributed by atoms with Crippen LogP contribution in [0.3, 0.4) is 0 Å². The van der Waals surface area contributed by atoms with Crippen LogP contribution in [0.25, 0.3) is 5.82 Å². The van der Waals surface area contributed by atoms with Crippen molar-refractivity contribution in [1.82, 2.24) is 14.5 Å². The van der Waals surface area contributed by atoms with Gasteiger partial charge in [-0.2, -0.15) is 0 Å². The monoisotopic (exact) mass is 332 g/mol. The number of benzene rings is 1. The van der Waals surface area contributed by atoms with E-state index < -0.39 is 5.41 Å². The second kappa shape index (κ2) is 6.16. The first kappa shape index (κ1) is 15.6. The lowest BCUT2D eigenvalue weighted by Crippen LogP contribution is -2.40. The highest BCUT2D eigenvalue weighted by Gasteiger charge is 2.38. The molecule has 126 valence electrons. The van der Waals surface area contributed by atoms with E-state index in [4.69, 9.17) is 0 Å². The van der Waals surface area contributed by atoms with Crippen molar-refractivity contribution in [2.24, 2.45) is 0 Å². The predicted octanol–water partition coefficient (Wildman–Crippen LogP) is 3.50. The summed E-state index contributed by atoms with van der Waals surface area (Å²) in [4.78, 5) is 21.4. The van der Waals surface area contributed by atoms with Crippen LogP contribution in [-0.2, 0) is 16.6 Å². The van der Waals surface area contributed by atoms with Crippen LogP contribution in [0.1, 0.15) is 30.9 Å². The molecule has 0 saturated heterocycles. The second-order valence-electron chi connectivity index (χ2n) is 6.67. The number of pyridine rings is 1. The molecule has 0 aliphatic heterocycles. The maximum atomic E-state index is 13.0. The molecule has 2 heterocycles. The molecule has 2 aromatic heterocycles. The number of imidazole rings is 1. The molecule has 25 heavy (non-hydrogen) atoms. The number of hydrogen-bond acceptors (Lipinski definition) is 3. The van der Waals surface area contributed by atoms with Gasteiger partial charge in [0, 0.05) is 12.4 Å². The van der Waals surface area contributed by atoms with Gasteiger partial charge >= 0.3 is 0 Å². The predicted molar refractivity (Wildman–Crippen MR) is 96.7 cm³/mol. The molecule has 5 heteroatoms. The number of nitrogens with one attached hydrogen (secondary N) is 1. The number of hydrogen-bond donors (Lipinski definition) is 1. The average molecular weight is 332 g/mol. The lowest BCUT2D eigenvalue weighted by Gasteiger charge is -2.34. The summed E-state index contributed by atoms with van der Waals surface area (Å²) in [7, 11) is 0.